The van der Waals surface area contributed by atoms with Gasteiger partial charge in [0, 0.05) is 17.6 Å². The molecule has 1 heterocycles. The Morgan fingerprint density at radius 1 is 1.33 bits per heavy atom. The van der Waals surface area contributed by atoms with E-state index in [9.17, 15) is 0 Å². The fraction of sp³-hybridized carbons (Fsp3) is 0.467. The molecule has 1 aliphatic rings. The van der Waals surface area contributed by atoms with Gasteiger partial charge >= 0.3 is 0 Å². The largest absolute Gasteiger partial charge is 0.301 e. The minimum atomic E-state index is 0.577. The molecule has 6 heteroatoms. The van der Waals surface area contributed by atoms with Crippen LogP contribution in [0.4, 0.5) is 0 Å². The van der Waals surface area contributed by atoms with E-state index >= 15 is 0 Å². The molecule has 1 fully saturated rings. The third-order valence-corrected chi connectivity index (χ3v) is 4.35. The summed E-state index contributed by atoms with van der Waals surface area (Å²) in [5, 5.41) is 5.35. The fourth-order valence-corrected chi connectivity index (χ4v) is 3.06. The first-order valence-electron chi connectivity index (χ1n) is 7.13. The van der Waals surface area contributed by atoms with Crippen LogP contribution < -0.4 is 0 Å². The zero-order valence-corrected chi connectivity index (χ0v) is 13.9. The first kappa shape index (κ1) is 14.8. The monoisotopic (exact) mass is 322 g/mol. The van der Waals surface area contributed by atoms with E-state index in [1.165, 1.54) is 18.4 Å². The second-order valence-electron chi connectivity index (χ2n) is 5.71. The van der Waals surface area contributed by atoms with Gasteiger partial charge in [-0.3, -0.25) is 4.90 Å². The van der Waals surface area contributed by atoms with Crippen molar-refractivity contribution >= 4 is 23.8 Å². The van der Waals surface area contributed by atoms with E-state index in [0.29, 0.717) is 12.7 Å². The lowest BCUT2D eigenvalue weighted by atomic mass is 10.2. The molecule has 1 aromatic carbocycles. The minimum absolute atomic E-state index is 0.577. The van der Waals surface area contributed by atoms with Crippen molar-refractivity contribution in [1.82, 2.24) is 19.2 Å². The topological polar surface area (TPSA) is 26.0 Å². The van der Waals surface area contributed by atoms with E-state index in [2.05, 4.69) is 21.6 Å². The quantitative estimate of drug-likeness (QED) is 0.783. The van der Waals surface area contributed by atoms with Crippen LogP contribution in [0.1, 0.15) is 30.3 Å². The Morgan fingerprint density at radius 2 is 2.00 bits per heavy atom. The van der Waals surface area contributed by atoms with E-state index in [1.807, 2.05) is 35.9 Å². The van der Waals surface area contributed by atoms with E-state index < -0.39 is 0 Å². The van der Waals surface area contributed by atoms with Crippen LogP contribution >= 0.6 is 23.8 Å². The number of halogens is 1. The number of aromatic nitrogens is 3. The molecule has 1 saturated carbocycles. The molecule has 112 valence electrons. The van der Waals surface area contributed by atoms with Gasteiger partial charge in [-0.25, -0.2) is 4.68 Å². The highest BCUT2D eigenvalue weighted by Crippen LogP contribution is 2.35. The van der Waals surface area contributed by atoms with Crippen molar-refractivity contribution in [2.75, 3.05) is 7.05 Å². The van der Waals surface area contributed by atoms with Crippen LogP contribution in [0.3, 0.4) is 0 Å². The summed E-state index contributed by atoms with van der Waals surface area (Å²) in [4.78, 5) is 2.20. The van der Waals surface area contributed by atoms with E-state index in [1.54, 1.807) is 0 Å². The standard InChI is InChI=1S/C15H19ClN4S/c1-11-17-19(15(21)20(11)14-7-8-14)10-18(2)9-12-3-5-13(16)6-4-12/h3-6,14H,7-10H2,1-2H3. The Bertz CT molecular complexity index is 685. The van der Waals surface area contributed by atoms with Gasteiger partial charge in [0.25, 0.3) is 0 Å². The summed E-state index contributed by atoms with van der Waals surface area (Å²) < 4.78 is 4.93. The van der Waals surface area contributed by atoms with Gasteiger partial charge in [0.15, 0.2) is 4.77 Å². The second kappa shape index (κ2) is 5.91. The van der Waals surface area contributed by atoms with Gasteiger partial charge < -0.3 is 4.57 Å². The lowest BCUT2D eigenvalue weighted by molar-refractivity contribution is 0.243. The average Bonchev–Trinajstić information content (AvgIpc) is 3.21. The number of rotatable bonds is 5. The number of nitrogens with zero attached hydrogens (tertiary/aromatic N) is 4. The van der Waals surface area contributed by atoms with Crippen molar-refractivity contribution in [3.63, 3.8) is 0 Å². The molecular formula is C15H19ClN4S. The van der Waals surface area contributed by atoms with Crippen LogP contribution in [-0.4, -0.2) is 26.3 Å². The number of aryl methyl sites for hydroxylation is 1. The molecule has 0 atom stereocenters. The van der Waals surface area contributed by atoms with Crippen molar-refractivity contribution in [2.45, 2.75) is 39.0 Å². The minimum Gasteiger partial charge on any atom is -0.301 e. The Labute approximate surface area is 134 Å². The third kappa shape index (κ3) is 3.36. The SMILES string of the molecule is Cc1nn(CN(C)Cc2ccc(Cl)cc2)c(=S)n1C1CC1. The Morgan fingerprint density at radius 3 is 2.62 bits per heavy atom. The molecule has 0 saturated heterocycles. The van der Waals surface area contributed by atoms with E-state index in [4.69, 9.17) is 23.8 Å². The van der Waals surface area contributed by atoms with E-state index in [0.717, 1.165) is 22.2 Å². The third-order valence-electron chi connectivity index (χ3n) is 3.69. The Balaban J connectivity index is 1.70. The summed E-state index contributed by atoms with van der Waals surface area (Å²) in [6, 6.07) is 8.51. The first-order valence-corrected chi connectivity index (χ1v) is 7.92. The summed E-state index contributed by atoms with van der Waals surface area (Å²) in [5.74, 6) is 1.02. The predicted octanol–water partition coefficient (Wildman–Crippen LogP) is 3.80. The molecule has 21 heavy (non-hydrogen) atoms. The lowest BCUT2D eigenvalue weighted by Crippen LogP contribution is -2.22. The Kier molecular flexibility index (Phi) is 4.15. The zero-order chi connectivity index (χ0) is 15.0. The van der Waals surface area contributed by atoms with Gasteiger partial charge in [0.2, 0.25) is 0 Å². The molecule has 0 amide bonds. The van der Waals surface area contributed by atoms with Crippen LogP contribution in [0.25, 0.3) is 0 Å². The molecule has 0 aliphatic heterocycles. The van der Waals surface area contributed by atoms with Gasteiger partial charge in [-0.05, 0) is 56.7 Å². The predicted molar refractivity (Wildman–Crippen MR) is 87.0 cm³/mol. The summed E-state index contributed by atoms with van der Waals surface area (Å²) in [5.41, 5.74) is 1.23. The number of hydrogen-bond donors (Lipinski definition) is 0. The van der Waals surface area contributed by atoms with Crippen molar-refractivity contribution in [3.8, 4) is 0 Å². The molecule has 0 unspecified atom stereocenters. The highest BCUT2D eigenvalue weighted by atomic mass is 35.5. The molecule has 1 aliphatic carbocycles. The zero-order valence-electron chi connectivity index (χ0n) is 12.3. The molecule has 0 N–H and O–H groups in total. The highest BCUT2D eigenvalue weighted by Gasteiger charge is 2.27. The lowest BCUT2D eigenvalue weighted by Gasteiger charge is -2.16. The van der Waals surface area contributed by atoms with E-state index in [-0.39, 0.29) is 0 Å². The van der Waals surface area contributed by atoms with Crippen molar-refractivity contribution in [3.05, 3.63) is 45.4 Å². The summed E-state index contributed by atoms with van der Waals surface area (Å²) in [6.45, 7) is 3.57. The summed E-state index contributed by atoms with van der Waals surface area (Å²) in [7, 11) is 2.07. The fourth-order valence-electron chi connectivity index (χ4n) is 2.55. The van der Waals surface area contributed by atoms with Crippen LogP contribution in [0.2, 0.25) is 5.02 Å². The molecule has 2 aromatic rings. The van der Waals surface area contributed by atoms with Crippen LogP contribution in [0, 0.1) is 11.7 Å². The van der Waals surface area contributed by atoms with Crippen molar-refractivity contribution in [1.29, 1.82) is 0 Å². The first-order chi connectivity index (χ1) is 10.0. The van der Waals surface area contributed by atoms with Gasteiger partial charge in [0.1, 0.15) is 5.82 Å². The van der Waals surface area contributed by atoms with Crippen molar-refractivity contribution < 1.29 is 0 Å². The van der Waals surface area contributed by atoms with Crippen LogP contribution in [0.5, 0.6) is 0 Å². The summed E-state index contributed by atoms with van der Waals surface area (Å²) in [6.07, 6.45) is 2.45. The Hall–Kier alpha value is -1.17. The molecule has 0 bridgehead atoms. The van der Waals surface area contributed by atoms with Gasteiger partial charge in [-0.15, -0.1) is 0 Å². The molecule has 0 spiro atoms. The average molecular weight is 323 g/mol. The van der Waals surface area contributed by atoms with Crippen molar-refractivity contribution in [2.24, 2.45) is 0 Å². The molecule has 0 radical (unpaired) electrons. The maximum atomic E-state index is 5.91. The highest BCUT2D eigenvalue weighted by molar-refractivity contribution is 7.71. The molecular weight excluding hydrogens is 304 g/mol. The smallest absolute Gasteiger partial charge is 0.199 e. The maximum absolute atomic E-state index is 5.91. The molecule has 3 rings (SSSR count). The normalized spacial score (nSPS) is 14.9. The van der Waals surface area contributed by atoms with Gasteiger partial charge in [-0.2, -0.15) is 5.10 Å². The molecule has 4 nitrogen and oxygen atoms in total. The number of hydrogen-bond acceptors (Lipinski definition) is 3. The second-order valence-corrected chi connectivity index (χ2v) is 6.51. The summed E-state index contributed by atoms with van der Waals surface area (Å²) >= 11 is 11.5. The van der Waals surface area contributed by atoms with Crippen LogP contribution in [-0.2, 0) is 13.2 Å². The van der Waals surface area contributed by atoms with Crippen LogP contribution in [0.15, 0.2) is 24.3 Å². The maximum Gasteiger partial charge on any atom is 0.199 e. The number of benzene rings is 1. The van der Waals surface area contributed by atoms with Gasteiger partial charge in [-0.1, -0.05) is 23.7 Å². The van der Waals surface area contributed by atoms with Gasteiger partial charge in [0.05, 0.1) is 6.67 Å². The molecule has 1 aromatic heterocycles.